The van der Waals surface area contributed by atoms with Crippen molar-refractivity contribution >= 4 is 5.97 Å². The number of ether oxygens (including phenoxy) is 2. The van der Waals surface area contributed by atoms with Gasteiger partial charge in [-0.05, 0) is 49.6 Å². The third-order valence-electron chi connectivity index (χ3n) is 5.07. The number of carbonyl (C=O) groups excluding carboxylic acids is 1. The topological polar surface area (TPSA) is 51.9 Å². The van der Waals surface area contributed by atoms with Gasteiger partial charge >= 0.3 is 5.97 Å². The van der Waals surface area contributed by atoms with Gasteiger partial charge in [-0.3, -0.25) is 9.69 Å². The Morgan fingerprint density at radius 3 is 3.04 bits per heavy atom. The summed E-state index contributed by atoms with van der Waals surface area (Å²) >= 11 is 0. The normalized spacial score (nSPS) is 23.0. The van der Waals surface area contributed by atoms with Gasteiger partial charge in [-0.25, -0.2) is 0 Å². The molecule has 5 nitrogen and oxygen atoms in total. The molecular formula is C20H23NO4. The Hall–Kier alpha value is -2.27. The minimum atomic E-state index is -0.213. The highest BCUT2D eigenvalue weighted by Crippen LogP contribution is 2.28. The molecule has 1 aromatic heterocycles. The van der Waals surface area contributed by atoms with E-state index in [1.165, 1.54) is 0 Å². The number of fused-ring (bicyclic) bond motifs is 1. The third-order valence-corrected chi connectivity index (χ3v) is 5.07. The van der Waals surface area contributed by atoms with E-state index in [4.69, 9.17) is 13.9 Å². The molecule has 4 rings (SSSR count). The number of likely N-dealkylation sites (tertiary alicyclic amines) is 1. The standard InChI is InChI=1S/C20H23NO4/c22-20(16-11-15-5-1-2-8-19(15)24-13-16)25-14-17-6-3-9-21(17)12-18-7-4-10-23-18/h1-2,4-5,7-8,10,16-17H,3,6,9,11-14H2/t16-,17+/m0/s1. The molecule has 1 aromatic carbocycles. The molecule has 2 aliphatic rings. The lowest BCUT2D eigenvalue weighted by atomic mass is 9.97. The molecule has 0 radical (unpaired) electrons. The van der Waals surface area contributed by atoms with Crippen LogP contribution in [0.1, 0.15) is 24.2 Å². The molecule has 0 amide bonds. The van der Waals surface area contributed by atoms with Gasteiger partial charge in [0.15, 0.2) is 0 Å². The highest BCUT2D eigenvalue weighted by atomic mass is 16.5. The molecule has 132 valence electrons. The highest BCUT2D eigenvalue weighted by molar-refractivity contribution is 5.73. The monoisotopic (exact) mass is 341 g/mol. The molecule has 3 heterocycles. The van der Waals surface area contributed by atoms with Crippen LogP contribution in [0.4, 0.5) is 0 Å². The lowest BCUT2D eigenvalue weighted by molar-refractivity contribution is -0.151. The van der Waals surface area contributed by atoms with E-state index in [9.17, 15) is 4.79 Å². The van der Waals surface area contributed by atoms with E-state index in [1.807, 2.05) is 36.4 Å². The smallest absolute Gasteiger partial charge is 0.312 e. The minimum absolute atomic E-state index is 0.153. The summed E-state index contributed by atoms with van der Waals surface area (Å²) in [5, 5.41) is 0. The molecule has 0 saturated carbocycles. The molecular weight excluding hydrogens is 318 g/mol. The molecule has 0 bridgehead atoms. The van der Waals surface area contributed by atoms with Gasteiger partial charge in [-0.1, -0.05) is 18.2 Å². The van der Waals surface area contributed by atoms with Crippen LogP contribution in [-0.4, -0.2) is 36.7 Å². The maximum absolute atomic E-state index is 12.4. The fourth-order valence-corrected chi connectivity index (χ4v) is 3.67. The van der Waals surface area contributed by atoms with E-state index >= 15 is 0 Å². The Bertz CT molecular complexity index is 712. The maximum Gasteiger partial charge on any atom is 0.312 e. The van der Waals surface area contributed by atoms with Crippen molar-refractivity contribution < 1.29 is 18.7 Å². The second kappa shape index (κ2) is 7.31. The van der Waals surface area contributed by atoms with Gasteiger partial charge < -0.3 is 13.9 Å². The van der Waals surface area contributed by atoms with Gasteiger partial charge in [0.05, 0.1) is 18.7 Å². The number of nitrogens with zero attached hydrogens (tertiary/aromatic N) is 1. The van der Waals surface area contributed by atoms with Crippen molar-refractivity contribution in [3.05, 3.63) is 54.0 Å². The van der Waals surface area contributed by atoms with Crippen molar-refractivity contribution in [2.75, 3.05) is 19.8 Å². The Labute approximate surface area is 147 Å². The molecule has 2 aromatic rings. The van der Waals surface area contributed by atoms with Crippen molar-refractivity contribution in [3.63, 3.8) is 0 Å². The van der Waals surface area contributed by atoms with Crippen LogP contribution in [0.25, 0.3) is 0 Å². The zero-order chi connectivity index (χ0) is 17.1. The zero-order valence-corrected chi connectivity index (χ0v) is 14.2. The molecule has 5 heteroatoms. The molecule has 0 N–H and O–H groups in total. The number of benzene rings is 1. The van der Waals surface area contributed by atoms with Crippen LogP contribution >= 0.6 is 0 Å². The number of carbonyl (C=O) groups is 1. The molecule has 2 aliphatic heterocycles. The van der Waals surface area contributed by atoms with E-state index < -0.39 is 0 Å². The first-order valence-corrected chi connectivity index (χ1v) is 8.93. The summed E-state index contributed by atoms with van der Waals surface area (Å²) < 4.78 is 16.8. The van der Waals surface area contributed by atoms with Gasteiger partial charge in [0, 0.05) is 6.04 Å². The molecule has 25 heavy (non-hydrogen) atoms. The second-order valence-electron chi connectivity index (χ2n) is 6.80. The molecule has 1 fully saturated rings. The minimum Gasteiger partial charge on any atom is -0.492 e. The Morgan fingerprint density at radius 1 is 1.24 bits per heavy atom. The lowest BCUT2D eigenvalue weighted by Crippen LogP contribution is -2.36. The van der Waals surface area contributed by atoms with Crippen LogP contribution in [0.15, 0.2) is 47.1 Å². The van der Waals surface area contributed by atoms with Crippen molar-refractivity contribution in [2.45, 2.75) is 31.8 Å². The van der Waals surface area contributed by atoms with Crippen molar-refractivity contribution in [1.29, 1.82) is 0 Å². The van der Waals surface area contributed by atoms with Crippen molar-refractivity contribution in [3.8, 4) is 5.75 Å². The average molecular weight is 341 g/mol. The van der Waals surface area contributed by atoms with Crippen LogP contribution in [0.5, 0.6) is 5.75 Å². The first-order valence-electron chi connectivity index (χ1n) is 8.93. The summed E-state index contributed by atoms with van der Waals surface area (Å²) in [5.41, 5.74) is 1.08. The van der Waals surface area contributed by atoms with Crippen LogP contribution in [0, 0.1) is 5.92 Å². The van der Waals surface area contributed by atoms with E-state index in [2.05, 4.69) is 4.90 Å². The van der Waals surface area contributed by atoms with Crippen LogP contribution < -0.4 is 4.74 Å². The second-order valence-corrected chi connectivity index (χ2v) is 6.80. The largest absolute Gasteiger partial charge is 0.492 e. The fourth-order valence-electron chi connectivity index (χ4n) is 3.67. The van der Waals surface area contributed by atoms with Gasteiger partial charge in [0.25, 0.3) is 0 Å². The summed E-state index contributed by atoms with van der Waals surface area (Å²) in [7, 11) is 0. The number of hydrogen-bond acceptors (Lipinski definition) is 5. The molecule has 0 aliphatic carbocycles. The van der Waals surface area contributed by atoms with E-state index in [-0.39, 0.29) is 17.9 Å². The quantitative estimate of drug-likeness (QED) is 0.783. The molecule has 2 atom stereocenters. The van der Waals surface area contributed by atoms with Crippen molar-refractivity contribution in [1.82, 2.24) is 4.90 Å². The van der Waals surface area contributed by atoms with Gasteiger partial charge in [-0.15, -0.1) is 0 Å². The van der Waals surface area contributed by atoms with E-state index in [0.29, 0.717) is 19.6 Å². The summed E-state index contributed by atoms with van der Waals surface area (Å²) in [6, 6.07) is 12.0. The maximum atomic E-state index is 12.4. The number of rotatable bonds is 5. The number of furan rings is 1. The van der Waals surface area contributed by atoms with Gasteiger partial charge in [0.1, 0.15) is 24.7 Å². The van der Waals surface area contributed by atoms with Crippen LogP contribution in [-0.2, 0) is 22.5 Å². The Kier molecular flexibility index (Phi) is 4.74. The Morgan fingerprint density at radius 2 is 2.16 bits per heavy atom. The third kappa shape index (κ3) is 3.71. The molecule has 1 saturated heterocycles. The lowest BCUT2D eigenvalue weighted by Gasteiger charge is -2.26. The summed E-state index contributed by atoms with van der Waals surface area (Å²) in [6.07, 6.45) is 4.57. The number of hydrogen-bond donors (Lipinski definition) is 0. The SMILES string of the molecule is O=C(OC[C@H]1CCCN1Cc1ccco1)[C@@H]1COc2ccccc2C1. The first-order chi connectivity index (χ1) is 12.3. The predicted molar refractivity (Wildman–Crippen MR) is 92.2 cm³/mol. The number of para-hydroxylation sites is 1. The van der Waals surface area contributed by atoms with Crippen molar-refractivity contribution in [2.24, 2.45) is 5.92 Å². The summed E-state index contributed by atoms with van der Waals surface area (Å²) in [4.78, 5) is 14.8. The zero-order valence-electron chi connectivity index (χ0n) is 14.2. The highest BCUT2D eigenvalue weighted by Gasteiger charge is 2.30. The van der Waals surface area contributed by atoms with Gasteiger partial charge in [-0.2, -0.15) is 0 Å². The summed E-state index contributed by atoms with van der Waals surface area (Å²) in [6.45, 7) is 2.63. The molecule has 0 spiro atoms. The number of esters is 1. The van der Waals surface area contributed by atoms with Crippen LogP contribution in [0.2, 0.25) is 0 Å². The van der Waals surface area contributed by atoms with E-state index in [1.54, 1.807) is 6.26 Å². The predicted octanol–water partition coefficient (Wildman–Crippen LogP) is 3.04. The fraction of sp³-hybridized carbons (Fsp3) is 0.450. The molecule has 0 unspecified atom stereocenters. The summed E-state index contributed by atoms with van der Waals surface area (Å²) in [5.74, 6) is 1.47. The van der Waals surface area contributed by atoms with Crippen LogP contribution in [0.3, 0.4) is 0 Å². The van der Waals surface area contributed by atoms with Gasteiger partial charge in [0.2, 0.25) is 0 Å². The first kappa shape index (κ1) is 16.2. The average Bonchev–Trinajstić information content (AvgIpc) is 3.32. The Balaban J connectivity index is 1.30. The van der Waals surface area contributed by atoms with E-state index in [0.717, 1.165) is 43.0 Å².